The molecule has 0 amide bonds. The first-order valence-electron chi connectivity index (χ1n) is 10.2. The predicted octanol–water partition coefficient (Wildman–Crippen LogP) is -0.103. The highest BCUT2D eigenvalue weighted by Gasteiger charge is 2.48. The fraction of sp³-hybridized carbons (Fsp3) is 0.667. The fourth-order valence-electron chi connectivity index (χ4n) is 4.41. The van der Waals surface area contributed by atoms with E-state index in [0.29, 0.717) is 12.0 Å². The van der Waals surface area contributed by atoms with Crippen molar-refractivity contribution in [2.75, 3.05) is 20.6 Å². The molecule has 3 rings (SSSR count). The van der Waals surface area contributed by atoms with Crippen molar-refractivity contribution in [2.24, 2.45) is 5.92 Å². The molecule has 1 aliphatic heterocycles. The molecule has 1 aromatic carbocycles. The Morgan fingerprint density at radius 2 is 1.93 bits per heavy atom. The van der Waals surface area contributed by atoms with Gasteiger partial charge in [0.1, 0.15) is 24.1 Å². The average Bonchev–Trinajstić information content (AvgIpc) is 2.70. The quantitative estimate of drug-likeness (QED) is 0.422. The summed E-state index contributed by atoms with van der Waals surface area (Å²) in [5.74, 6) is -1.17. The zero-order valence-electron chi connectivity index (χ0n) is 17.2. The Balaban J connectivity index is 1.82. The number of hydrogen-bond donors (Lipinski definition) is 5. The van der Waals surface area contributed by atoms with E-state index in [2.05, 4.69) is 0 Å². The molecule has 168 valence electrons. The van der Waals surface area contributed by atoms with Gasteiger partial charge in [0.25, 0.3) is 0 Å². The van der Waals surface area contributed by atoms with Crippen molar-refractivity contribution in [1.82, 2.24) is 4.90 Å². The van der Waals surface area contributed by atoms with E-state index in [1.807, 2.05) is 25.1 Å². The lowest BCUT2D eigenvalue weighted by Gasteiger charge is -2.42. The highest BCUT2D eigenvalue weighted by molar-refractivity contribution is 5.73. The van der Waals surface area contributed by atoms with E-state index >= 15 is 0 Å². The first-order chi connectivity index (χ1) is 14.1. The Labute approximate surface area is 175 Å². The third-order valence-corrected chi connectivity index (χ3v) is 6.02. The molecule has 9 heteroatoms. The van der Waals surface area contributed by atoms with Crippen molar-refractivity contribution in [3.63, 3.8) is 0 Å². The lowest BCUT2D eigenvalue weighted by atomic mass is 9.71. The zero-order chi connectivity index (χ0) is 22.1. The summed E-state index contributed by atoms with van der Waals surface area (Å²) < 4.78 is 10.8. The smallest absolute Gasteiger partial charge is 0.335 e. The summed E-state index contributed by atoms with van der Waals surface area (Å²) in [6, 6.07) is 6.77. The van der Waals surface area contributed by atoms with Gasteiger partial charge in [0.05, 0.1) is 5.60 Å². The van der Waals surface area contributed by atoms with Crippen LogP contribution in [0.5, 0.6) is 5.75 Å². The predicted molar refractivity (Wildman–Crippen MR) is 106 cm³/mol. The first kappa shape index (κ1) is 22.9. The highest BCUT2D eigenvalue weighted by Crippen LogP contribution is 2.43. The SMILES string of the molecule is CN(C)CC1CCCCC1(O)c1cccc(O[C@@H]2O[C@H](C(=O)O)[C@@H](O)[C@H](O)[C@H]2O)c1. The van der Waals surface area contributed by atoms with Crippen LogP contribution in [0.4, 0.5) is 0 Å². The van der Waals surface area contributed by atoms with Gasteiger partial charge in [-0.25, -0.2) is 4.79 Å². The van der Waals surface area contributed by atoms with Crippen LogP contribution in [-0.4, -0.2) is 87.7 Å². The second kappa shape index (κ2) is 9.17. The van der Waals surface area contributed by atoms with Crippen LogP contribution < -0.4 is 4.74 Å². The monoisotopic (exact) mass is 425 g/mol. The second-order valence-electron chi connectivity index (χ2n) is 8.51. The third-order valence-electron chi connectivity index (χ3n) is 6.02. The molecule has 2 fully saturated rings. The van der Waals surface area contributed by atoms with Crippen LogP contribution in [0.25, 0.3) is 0 Å². The largest absolute Gasteiger partial charge is 0.479 e. The number of carboxylic acids is 1. The van der Waals surface area contributed by atoms with Crippen LogP contribution in [0.15, 0.2) is 24.3 Å². The Kier molecular flexibility index (Phi) is 7.01. The minimum absolute atomic E-state index is 0.0429. The molecule has 1 heterocycles. The second-order valence-corrected chi connectivity index (χ2v) is 8.51. The molecule has 5 N–H and O–H groups in total. The molecule has 1 saturated carbocycles. The molecule has 0 spiro atoms. The van der Waals surface area contributed by atoms with Crippen molar-refractivity contribution >= 4 is 5.97 Å². The number of carbonyl (C=O) groups is 1. The third kappa shape index (κ3) is 4.61. The van der Waals surface area contributed by atoms with Gasteiger partial charge in [0.2, 0.25) is 6.29 Å². The van der Waals surface area contributed by atoms with E-state index in [0.717, 1.165) is 25.8 Å². The number of aliphatic hydroxyl groups is 4. The molecule has 0 radical (unpaired) electrons. The zero-order valence-corrected chi connectivity index (χ0v) is 17.2. The standard InChI is InChI=1S/C21H31NO8/c1-22(2)11-13-6-3-4-9-21(13,28)12-7-5-8-14(10-12)29-20-17(25)15(23)16(24)18(30-20)19(26)27/h5,7-8,10,13,15-18,20,23-25,28H,3-4,6,9,11H2,1-2H3,(H,26,27)/t13?,15-,16-,17+,18-,20+,21?/m0/s1. The maximum atomic E-state index is 11.5. The van der Waals surface area contributed by atoms with Crippen LogP contribution in [0.3, 0.4) is 0 Å². The van der Waals surface area contributed by atoms with Gasteiger partial charge in [-0.05, 0) is 44.6 Å². The van der Waals surface area contributed by atoms with Gasteiger partial charge < -0.3 is 39.9 Å². The lowest BCUT2D eigenvalue weighted by Crippen LogP contribution is -2.61. The number of ether oxygens (including phenoxy) is 2. The summed E-state index contributed by atoms with van der Waals surface area (Å²) in [5.41, 5.74) is -0.361. The van der Waals surface area contributed by atoms with Crippen molar-refractivity contribution in [3.05, 3.63) is 29.8 Å². The van der Waals surface area contributed by atoms with Crippen LogP contribution in [0, 0.1) is 5.92 Å². The van der Waals surface area contributed by atoms with Crippen molar-refractivity contribution in [3.8, 4) is 5.75 Å². The summed E-state index contributed by atoms with van der Waals surface area (Å²) in [6.45, 7) is 0.733. The first-order valence-corrected chi connectivity index (χ1v) is 10.2. The highest BCUT2D eigenvalue weighted by atomic mass is 16.7. The Bertz CT molecular complexity index is 743. The van der Waals surface area contributed by atoms with Gasteiger partial charge in [-0.3, -0.25) is 0 Å². The van der Waals surface area contributed by atoms with Gasteiger partial charge in [-0.1, -0.05) is 25.0 Å². The molecule has 2 aliphatic rings. The molecule has 1 saturated heterocycles. The summed E-state index contributed by atoms with van der Waals surface area (Å²) in [6.07, 6.45) is -4.91. The van der Waals surface area contributed by atoms with E-state index in [1.54, 1.807) is 18.2 Å². The summed E-state index contributed by atoms with van der Waals surface area (Å²) in [4.78, 5) is 13.3. The number of nitrogens with zero attached hydrogens (tertiary/aromatic N) is 1. The van der Waals surface area contributed by atoms with E-state index < -0.39 is 42.3 Å². The van der Waals surface area contributed by atoms with Gasteiger partial charge >= 0.3 is 5.97 Å². The van der Waals surface area contributed by atoms with E-state index in [1.165, 1.54) is 0 Å². The molecule has 30 heavy (non-hydrogen) atoms. The fourth-order valence-corrected chi connectivity index (χ4v) is 4.41. The van der Waals surface area contributed by atoms with Crippen molar-refractivity contribution < 1.29 is 39.8 Å². The van der Waals surface area contributed by atoms with E-state index in [-0.39, 0.29) is 11.7 Å². The van der Waals surface area contributed by atoms with E-state index in [4.69, 9.17) is 9.47 Å². The number of aliphatic carboxylic acids is 1. The van der Waals surface area contributed by atoms with Gasteiger partial charge in [0, 0.05) is 12.5 Å². The maximum absolute atomic E-state index is 11.5. The number of aliphatic hydroxyl groups excluding tert-OH is 3. The van der Waals surface area contributed by atoms with Gasteiger partial charge in [0.15, 0.2) is 6.10 Å². The minimum Gasteiger partial charge on any atom is -0.479 e. The van der Waals surface area contributed by atoms with Gasteiger partial charge in [-0.15, -0.1) is 0 Å². The number of hydrogen-bond acceptors (Lipinski definition) is 8. The molecule has 0 aromatic heterocycles. The number of rotatable bonds is 6. The van der Waals surface area contributed by atoms with Crippen LogP contribution in [0.1, 0.15) is 31.2 Å². The average molecular weight is 425 g/mol. The Hall–Kier alpha value is -1.75. The molecular formula is C21H31NO8. The van der Waals surface area contributed by atoms with E-state index in [9.17, 15) is 30.3 Å². The molecule has 1 aliphatic carbocycles. The van der Waals surface area contributed by atoms with Crippen LogP contribution >= 0.6 is 0 Å². The summed E-state index contributed by atoms with van der Waals surface area (Å²) in [7, 11) is 3.93. The number of benzene rings is 1. The lowest BCUT2D eigenvalue weighted by molar-refractivity contribution is -0.271. The van der Waals surface area contributed by atoms with Crippen LogP contribution in [-0.2, 0) is 15.1 Å². The molecule has 7 atom stereocenters. The molecule has 9 nitrogen and oxygen atoms in total. The molecule has 0 bridgehead atoms. The van der Waals surface area contributed by atoms with Crippen molar-refractivity contribution in [1.29, 1.82) is 0 Å². The molecular weight excluding hydrogens is 394 g/mol. The number of carboxylic acid groups (broad SMARTS) is 1. The van der Waals surface area contributed by atoms with Crippen molar-refractivity contribution in [2.45, 2.75) is 62.0 Å². The molecule has 1 aromatic rings. The normalized spacial score (nSPS) is 37.2. The summed E-state index contributed by atoms with van der Waals surface area (Å²) in [5, 5.41) is 50.6. The summed E-state index contributed by atoms with van der Waals surface area (Å²) >= 11 is 0. The van der Waals surface area contributed by atoms with Gasteiger partial charge in [-0.2, -0.15) is 0 Å². The van der Waals surface area contributed by atoms with Crippen LogP contribution in [0.2, 0.25) is 0 Å². The minimum atomic E-state index is -1.78. The topological polar surface area (TPSA) is 140 Å². The maximum Gasteiger partial charge on any atom is 0.335 e. The Morgan fingerprint density at radius 3 is 2.60 bits per heavy atom. The molecule has 2 unspecified atom stereocenters. The Morgan fingerprint density at radius 1 is 1.20 bits per heavy atom.